The number of benzene rings is 3. The van der Waals surface area contributed by atoms with Crippen LogP contribution in [0.5, 0.6) is 11.5 Å². The van der Waals surface area contributed by atoms with Crippen LogP contribution in [0.15, 0.2) is 72.8 Å². The molecule has 3 aromatic carbocycles. The monoisotopic (exact) mass is 782 g/mol. The highest BCUT2D eigenvalue weighted by atomic mass is 16.6. The molecule has 8 N–H and O–H groups in total. The highest BCUT2D eigenvalue weighted by molar-refractivity contribution is 5.91. The minimum atomic E-state index is -0.929. The third kappa shape index (κ3) is 11.1. The van der Waals surface area contributed by atoms with E-state index in [-0.39, 0.29) is 44.0 Å². The van der Waals surface area contributed by atoms with Crippen LogP contribution < -0.4 is 37.3 Å². The van der Waals surface area contributed by atoms with Crippen LogP contribution in [-0.4, -0.2) is 97.1 Å². The van der Waals surface area contributed by atoms with E-state index >= 15 is 0 Å². The number of carbonyl (C=O) groups is 3. The number of unbranched alkanes of at least 4 members (excludes halogenated alkanes) is 1. The molecule has 1 spiro atoms. The summed E-state index contributed by atoms with van der Waals surface area (Å²) in [6.45, 7) is 5.00. The second-order valence-corrected chi connectivity index (χ2v) is 16.0. The fourth-order valence-electron chi connectivity index (χ4n) is 8.78. The summed E-state index contributed by atoms with van der Waals surface area (Å²) in [7, 11) is 1.58. The maximum atomic E-state index is 14.7. The zero-order valence-electron chi connectivity index (χ0n) is 33.5. The van der Waals surface area contributed by atoms with E-state index in [9.17, 15) is 14.4 Å². The minimum Gasteiger partial charge on any atom is -0.496 e. The van der Waals surface area contributed by atoms with Gasteiger partial charge in [-0.05, 0) is 98.3 Å². The standard InChI is InChI=1S/C44H62N8O5/c1-56-40-25-34(13-14-35(40)27-47)28-48-41(53)39-30-51(43(55)57-37-11-7-10-33(24-37)26-46)22-23-52(39)42(54)38(12-5-6-20-45)49-36-15-17-44(18-16-36)19-21-50(31-44)29-32-8-3-2-4-9-32/h2-4,7-11,13-14,24-25,36,38-39,49H,5-6,12,15-23,26-31,45-47H2,1H3,(H,48,53)/t36?,38-,39+,44?/m1/s1. The lowest BCUT2D eigenvalue weighted by molar-refractivity contribution is -0.145. The number of hydrogen-bond donors (Lipinski definition) is 5. The number of nitrogens with one attached hydrogen (secondary N) is 2. The van der Waals surface area contributed by atoms with Crippen LogP contribution in [0.4, 0.5) is 4.79 Å². The Morgan fingerprint density at radius 2 is 1.65 bits per heavy atom. The first-order valence-corrected chi connectivity index (χ1v) is 20.7. The average Bonchev–Trinajstić information content (AvgIpc) is 3.64. The van der Waals surface area contributed by atoms with Crippen LogP contribution in [0.1, 0.15) is 73.6 Å². The van der Waals surface area contributed by atoms with E-state index in [1.807, 2.05) is 24.3 Å². The van der Waals surface area contributed by atoms with Crippen LogP contribution in [0, 0.1) is 5.41 Å². The Balaban J connectivity index is 1.14. The van der Waals surface area contributed by atoms with Gasteiger partial charge >= 0.3 is 6.09 Å². The summed E-state index contributed by atoms with van der Waals surface area (Å²) in [6, 6.07) is 22.2. The number of nitrogens with zero attached hydrogens (tertiary/aromatic N) is 3. The van der Waals surface area contributed by atoms with Crippen molar-refractivity contribution in [2.75, 3.05) is 46.4 Å². The van der Waals surface area contributed by atoms with E-state index < -0.39 is 18.2 Å². The molecule has 0 aromatic heterocycles. The number of likely N-dealkylation sites (tertiary alicyclic amines) is 1. The van der Waals surface area contributed by atoms with Crippen molar-refractivity contribution < 1.29 is 23.9 Å². The molecule has 3 amide bonds. The van der Waals surface area contributed by atoms with Crippen molar-refractivity contribution in [2.24, 2.45) is 22.6 Å². The van der Waals surface area contributed by atoms with E-state index in [0.29, 0.717) is 43.0 Å². The average molecular weight is 783 g/mol. The molecular weight excluding hydrogens is 721 g/mol. The predicted octanol–water partition coefficient (Wildman–Crippen LogP) is 3.86. The van der Waals surface area contributed by atoms with Crippen LogP contribution in [-0.2, 0) is 35.8 Å². The van der Waals surface area contributed by atoms with E-state index in [2.05, 4.69) is 45.9 Å². The number of nitrogens with two attached hydrogens (primary N) is 3. The molecule has 1 aliphatic carbocycles. The Kier molecular flexibility index (Phi) is 14.9. The quantitative estimate of drug-likeness (QED) is 0.134. The first-order chi connectivity index (χ1) is 27.7. The van der Waals surface area contributed by atoms with E-state index in [0.717, 1.165) is 74.8 Å². The molecule has 57 heavy (non-hydrogen) atoms. The molecule has 13 heteroatoms. The molecule has 308 valence electrons. The van der Waals surface area contributed by atoms with Gasteiger partial charge in [-0.1, -0.05) is 61.0 Å². The molecule has 6 rings (SSSR count). The van der Waals surface area contributed by atoms with Crippen molar-refractivity contribution in [1.29, 1.82) is 0 Å². The smallest absolute Gasteiger partial charge is 0.415 e. The van der Waals surface area contributed by atoms with Crippen molar-refractivity contribution in [3.8, 4) is 11.5 Å². The second-order valence-electron chi connectivity index (χ2n) is 16.0. The molecule has 0 unspecified atom stereocenters. The van der Waals surface area contributed by atoms with Crippen LogP contribution >= 0.6 is 0 Å². The highest BCUT2D eigenvalue weighted by Gasteiger charge is 2.43. The van der Waals surface area contributed by atoms with Gasteiger partial charge in [-0.25, -0.2) is 4.79 Å². The number of rotatable bonds is 16. The van der Waals surface area contributed by atoms with Crippen molar-refractivity contribution in [3.05, 3.63) is 95.1 Å². The maximum absolute atomic E-state index is 14.7. The van der Waals surface area contributed by atoms with Crippen molar-refractivity contribution in [3.63, 3.8) is 0 Å². The number of ether oxygens (including phenoxy) is 2. The molecule has 0 radical (unpaired) electrons. The van der Waals surface area contributed by atoms with Gasteiger partial charge in [-0.3, -0.25) is 14.5 Å². The summed E-state index contributed by atoms with van der Waals surface area (Å²) < 4.78 is 11.2. The number of hydrogen-bond acceptors (Lipinski definition) is 10. The minimum absolute atomic E-state index is 0.0105. The van der Waals surface area contributed by atoms with Gasteiger partial charge in [0.2, 0.25) is 11.8 Å². The summed E-state index contributed by atoms with van der Waals surface area (Å²) in [5, 5.41) is 6.80. The van der Waals surface area contributed by atoms with Crippen LogP contribution in [0.2, 0.25) is 0 Å². The van der Waals surface area contributed by atoms with Gasteiger partial charge in [0.25, 0.3) is 0 Å². The summed E-state index contributed by atoms with van der Waals surface area (Å²) in [5.74, 6) is 0.538. The molecule has 2 atom stereocenters. The highest BCUT2D eigenvalue weighted by Crippen LogP contribution is 2.44. The van der Waals surface area contributed by atoms with Crippen LogP contribution in [0.3, 0.4) is 0 Å². The van der Waals surface area contributed by atoms with E-state index in [4.69, 9.17) is 26.7 Å². The molecule has 1 saturated carbocycles. The van der Waals surface area contributed by atoms with Crippen molar-refractivity contribution >= 4 is 17.9 Å². The van der Waals surface area contributed by atoms with Crippen LogP contribution in [0.25, 0.3) is 0 Å². The fraction of sp³-hybridized carbons (Fsp3) is 0.523. The van der Waals surface area contributed by atoms with Gasteiger partial charge in [0.05, 0.1) is 19.7 Å². The van der Waals surface area contributed by atoms with E-state index in [1.165, 1.54) is 16.9 Å². The van der Waals surface area contributed by atoms with Gasteiger partial charge in [0.15, 0.2) is 0 Å². The van der Waals surface area contributed by atoms with Crippen molar-refractivity contribution in [2.45, 2.75) is 95.7 Å². The lowest BCUT2D eigenvalue weighted by atomic mass is 9.72. The lowest BCUT2D eigenvalue weighted by Crippen LogP contribution is -2.64. The summed E-state index contributed by atoms with van der Waals surface area (Å²) >= 11 is 0. The van der Waals surface area contributed by atoms with Gasteiger partial charge in [0, 0.05) is 57.4 Å². The molecular formula is C44H62N8O5. The molecule has 3 aliphatic rings. The van der Waals surface area contributed by atoms with Crippen molar-refractivity contribution in [1.82, 2.24) is 25.3 Å². The zero-order chi connectivity index (χ0) is 40.2. The lowest BCUT2D eigenvalue weighted by Gasteiger charge is -2.43. The Bertz CT molecular complexity index is 1790. The van der Waals surface area contributed by atoms with Gasteiger partial charge in [-0.15, -0.1) is 0 Å². The normalized spacial score (nSPS) is 21.7. The SMILES string of the molecule is COc1cc(CNC(=O)[C@@H]2CN(C(=O)Oc3cccc(CN)c3)CCN2C(=O)[C@@H](CCCCN)NC2CCC3(CC2)CCN(Cc2ccccc2)C3)ccc1CN. The summed E-state index contributed by atoms with van der Waals surface area (Å²) in [5.41, 5.74) is 21.8. The molecule has 2 saturated heterocycles. The molecule has 2 heterocycles. The number of piperazine rings is 1. The maximum Gasteiger partial charge on any atom is 0.415 e. The Labute approximate surface area is 337 Å². The zero-order valence-corrected chi connectivity index (χ0v) is 33.5. The first-order valence-electron chi connectivity index (χ1n) is 20.7. The number of carbonyl (C=O) groups excluding carboxylic acids is 3. The molecule has 0 bridgehead atoms. The van der Waals surface area contributed by atoms with Gasteiger partial charge in [0.1, 0.15) is 17.5 Å². The Hall–Kier alpha value is -4.53. The predicted molar refractivity (Wildman–Crippen MR) is 221 cm³/mol. The first kappa shape index (κ1) is 42.1. The largest absolute Gasteiger partial charge is 0.496 e. The fourth-order valence-corrected chi connectivity index (χ4v) is 8.78. The third-order valence-corrected chi connectivity index (χ3v) is 12.1. The Morgan fingerprint density at radius 1 is 0.860 bits per heavy atom. The van der Waals surface area contributed by atoms with Gasteiger partial charge in [-0.2, -0.15) is 0 Å². The third-order valence-electron chi connectivity index (χ3n) is 12.1. The second kappa shape index (κ2) is 20.2. The molecule has 2 aliphatic heterocycles. The van der Waals surface area contributed by atoms with Gasteiger partial charge < -0.3 is 47.1 Å². The molecule has 13 nitrogen and oxygen atoms in total. The number of methoxy groups -OCH3 is 1. The Morgan fingerprint density at radius 3 is 2.39 bits per heavy atom. The summed E-state index contributed by atoms with van der Waals surface area (Å²) in [4.78, 5) is 48.1. The number of amides is 3. The summed E-state index contributed by atoms with van der Waals surface area (Å²) in [6.07, 6.45) is 7.07. The van der Waals surface area contributed by atoms with E-state index in [1.54, 1.807) is 30.2 Å². The molecule has 3 aromatic rings. The topological polar surface area (TPSA) is 182 Å². The molecule has 3 fully saturated rings.